The third kappa shape index (κ3) is 2.21. The molecular formula is C14H16N2O3. The number of likely N-dealkylation sites (tertiary alicyclic amines) is 1. The molecule has 5 heteroatoms. The highest BCUT2D eigenvalue weighted by Gasteiger charge is 2.36. The molecule has 5 nitrogen and oxygen atoms in total. The van der Waals surface area contributed by atoms with Crippen molar-refractivity contribution in [1.82, 2.24) is 10.2 Å². The number of nitrogens with zero attached hydrogens (tertiary/aromatic N) is 1. The Balaban J connectivity index is 1.55. The predicted octanol–water partition coefficient (Wildman–Crippen LogP) is 0.337. The first-order valence-electron chi connectivity index (χ1n) is 6.43. The number of imide groups is 1. The van der Waals surface area contributed by atoms with Gasteiger partial charge in [0.15, 0.2) is 0 Å². The van der Waals surface area contributed by atoms with Gasteiger partial charge in [0.2, 0.25) is 11.8 Å². The largest absolute Gasteiger partial charge is 0.488 e. The second-order valence-corrected chi connectivity index (χ2v) is 5.01. The summed E-state index contributed by atoms with van der Waals surface area (Å²) in [6.45, 7) is 0.576. The third-order valence-corrected chi connectivity index (χ3v) is 3.69. The van der Waals surface area contributed by atoms with E-state index in [0.717, 1.165) is 12.2 Å². The second-order valence-electron chi connectivity index (χ2n) is 5.01. The minimum Gasteiger partial charge on any atom is -0.488 e. The van der Waals surface area contributed by atoms with Gasteiger partial charge in [-0.1, -0.05) is 18.2 Å². The Kier molecular flexibility index (Phi) is 2.98. The van der Waals surface area contributed by atoms with Gasteiger partial charge in [-0.2, -0.15) is 0 Å². The Labute approximate surface area is 111 Å². The molecule has 1 fully saturated rings. The lowest BCUT2D eigenvalue weighted by molar-refractivity contribution is -0.137. The maximum absolute atomic E-state index is 11.7. The van der Waals surface area contributed by atoms with Crippen LogP contribution in [0.4, 0.5) is 0 Å². The van der Waals surface area contributed by atoms with Gasteiger partial charge in [-0.25, -0.2) is 0 Å². The molecule has 2 aliphatic rings. The number of nitrogens with one attached hydrogen (secondary N) is 1. The molecule has 2 heterocycles. The third-order valence-electron chi connectivity index (χ3n) is 3.69. The Morgan fingerprint density at radius 2 is 2.11 bits per heavy atom. The van der Waals surface area contributed by atoms with Crippen molar-refractivity contribution in [2.24, 2.45) is 0 Å². The number of fused-ring (bicyclic) bond motifs is 1. The lowest BCUT2D eigenvalue weighted by Gasteiger charge is -2.15. The van der Waals surface area contributed by atoms with Crippen LogP contribution in [0.2, 0.25) is 0 Å². The van der Waals surface area contributed by atoms with E-state index in [1.807, 2.05) is 24.3 Å². The Bertz CT molecular complexity index is 504. The fourth-order valence-corrected chi connectivity index (χ4v) is 2.56. The first-order chi connectivity index (χ1) is 9.15. The molecule has 0 radical (unpaired) electrons. The molecule has 2 amide bonds. The normalized spacial score (nSPS) is 25.6. The van der Waals surface area contributed by atoms with Gasteiger partial charge in [0.05, 0.1) is 12.5 Å². The number of rotatable bonds is 3. The van der Waals surface area contributed by atoms with Crippen molar-refractivity contribution in [3.8, 4) is 5.75 Å². The highest BCUT2D eigenvalue weighted by Crippen LogP contribution is 2.27. The zero-order valence-electron chi connectivity index (χ0n) is 10.8. The summed E-state index contributed by atoms with van der Waals surface area (Å²) < 4.78 is 5.78. The van der Waals surface area contributed by atoms with Gasteiger partial charge in [-0.05, 0) is 11.6 Å². The highest BCUT2D eigenvalue weighted by atomic mass is 16.5. The maximum Gasteiger partial charge on any atom is 0.246 e. The van der Waals surface area contributed by atoms with Crippen LogP contribution in [0.25, 0.3) is 0 Å². The predicted molar refractivity (Wildman–Crippen MR) is 68.7 cm³/mol. The quantitative estimate of drug-likeness (QED) is 0.796. The molecule has 0 aromatic heterocycles. The molecule has 1 saturated heterocycles. The highest BCUT2D eigenvalue weighted by molar-refractivity contribution is 6.05. The van der Waals surface area contributed by atoms with Crippen molar-refractivity contribution >= 4 is 11.8 Å². The van der Waals surface area contributed by atoms with Crippen LogP contribution >= 0.6 is 0 Å². The standard InChI is InChI=1S/C14H16N2O3/c1-16-13(17)7-11(14(16)18)15-8-10-6-9-4-2-3-5-12(9)19-10/h2-5,10-11,15H,6-8H2,1H3. The zero-order valence-corrected chi connectivity index (χ0v) is 10.8. The second kappa shape index (κ2) is 4.66. The lowest BCUT2D eigenvalue weighted by atomic mass is 10.1. The summed E-state index contributed by atoms with van der Waals surface area (Å²) in [5.41, 5.74) is 1.19. The van der Waals surface area contributed by atoms with Crippen molar-refractivity contribution in [3.63, 3.8) is 0 Å². The minimum absolute atomic E-state index is 0.0335. The molecular weight excluding hydrogens is 244 g/mol. The van der Waals surface area contributed by atoms with E-state index in [1.54, 1.807) is 0 Å². The van der Waals surface area contributed by atoms with Gasteiger partial charge in [0.25, 0.3) is 0 Å². The minimum atomic E-state index is -0.398. The Morgan fingerprint density at radius 3 is 2.79 bits per heavy atom. The fourth-order valence-electron chi connectivity index (χ4n) is 2.56. The van der Waals surface area contributed by atoms with Crippen LogP contribution in [-0.2, 0) is 16.0 Å². The lowest BCUT2D eigenvalue weighted by Crippen LogP contribution is -2.41. The molecule has 1 aromatic carbocycles. The SMILES string of the molecule is CN1C(=O)CC(NCC2Cc3ccccc3O2)C1=O. The average molecular weight is 260 g/mol. The van der Waals surface area contributed by atoms with Crippen LogP contribution in [0.1, 0.15) is 12.0 Å². The first kappa shape index (κ1) is 12.2. The van der Waals surface area contributed by atoms with Crippen LogP contribution in [0, 0.1) is 0 Å². The molecule has 2 aliphatic heterocycles. The number of carbonyl (C=O) groups is 2. The van der Waals surface area contributed by atoms with Crippen molar-refractivity contribution < 1.29 is 14.3 Å². The average Bonchev–Trinajstić information content (AvgIpc) is 2.93. The molecule has 0 spiro atoms. The number of carbonyl (C=O) groups excluding carboxylic acids is 2. The van der Waals surface area contributed by atoms with E-state index in [9.17, 15) is 9.59 Å². The number of likely N-dealkylation sites (N-methyl/N-ethyl adjacent to an activating group) is 1. The summed E-state index contributed by atoms with van der Waals surface area (Å²) in [4.78, 5) is 24.3. The molecule has 3 rings (SSSR count). The van der Waals surface area contributed by atoms with E-state index in [1.165, 1.54) is 17.5 Å². The molecule has 2 atom stereocenters. The summed E-state index contributed by atoms with van der Waals surface area (Å²) in [5, 5.41) is 3.13. The van der Waals surface area contributed by atoms with E-state index in [0.29, 0.717) is 6.54 Å². The fraction of sp³-hybridized carbons (Fsp3) is 0.429. The van der Waals surface area contributed by atoms with Gasteiger partial charge >= 0.3 is 0 Å². The summed E-state index contributed by atoms with van der Waals surface area (Å²) in [6.07, 6.45) is 1.12. The van der Waals surface area contributed by atoms with E-state index >= 15 is 0 Å². The van der Waals surface area contributed by atoms with Crippen LogP contribution in [0.15, 0.2) is 24.3 Å². The molecule has 19 heavy (non-hydrogen) atoms. The molecule has 2 unspecified atom stereocenters. The van der Waals surface area contributed by atoms with Crippen LogP contribution in [0.3, 0.4) is 0 Å². The molecule has 1 aromatic rings. The first-order valence-corrected chi connectivity index (χ1v) is 6.43. The van der Waals surface area contributed by atoms with E-state index in [-0.39, 0.29) is 24.3 Å². The van der Waals surface area contributed by atoms with Crippen LogP contribution in [-0.4, -0.2) is 42.5 Å². The van der Waals surface area contributed by atoms with Gasteiger partial charge in [0.1, 0.15) is 11.9 Å². The summed E-state index contributed by atoms with van der Waals surface area (Å²) >= 11 is 0. The van der Waals surface area contributed by atoms with E-state index in [2.05, 4.69) is 5.32 Å². The monoisotopic (exact) mass is 260 g/mol. The van der Waals surface area contributed by atoms with Crippen molar-refractivity contribution in [1.29, 1.82) is 0 Å². The maximum atomic E-state index is 11.7. The molecule has 0 saturated carbocycles. The number of para-hydroxylation sites is 1. The Morgan fingerprint density at radius 1 is 1.32 bits per heavy atom. The number of benzene rings is 1. The molecule has 100 valence electrons. The van der Waals surface area contributed by atoms with Crippen LogP contribution < -0.4 is 10.1 Å². The summed E-state index contributed by atoms with van der Waals surface area (Å²) in [7, 11) is 1.52. The van der Waals surface area contributed by atoms with E-state index < -0.39 is 6.04 Å². The Hall–Kier alpha value is -1.88. The number of hydrogen-bond acceptors (Lipinski definition) is 4. The summed E-state index contributed by atoms with van der Waals surface area (Å²) in [5.74, 6) is 0.638. The molecule has 1 N–H and O–H groups in total. The van der Waals surface area contributed by atoms with Crippen molar-refractivity contribution in [2.45, 2.75) is 25.0 Å². The van der Waals surface area contributed by atoms with Gasteiger partial charge < -0.3 is 10.1 Å². The van der Waals surface area contributed by atoms with Gasteiger partial charge in [0, 0.05) is 20.0 Å². The number of ether oxygens (including phenoxy) is 1. The smallest absolute Gasteiger partial charge is 0.246 e. The zero-order chi connectivity index (χ0) is 13.4. The van der Waals surface area contributed by atoms with Crippen LogP contribution in [0.5, 0.6) is 5.75 Å². The van der Waals surface area contributed by atoms with Crippen molar-refractivity contribution in [3.05, 3.63) is 29.8 Å². The number of hydrogen-bond donors (Lipinski definition) is 1. The molecule has 0 aliphatic carbocycles. The summed E-state index contributed by atoms with van der Waals surface area (Å²) in [6, 6.07) is 7.54. The van der Waals surface area contributed by atoms with E-state index in [4.69, 9.17) is 4.74 Å². The van der Waals surface area contributed by atoms with Gasteiger partial charge in [-0.3, -0.25) is 14.5 Å². The topological polar surface area (TPSA) is 58.6 Å². The van der Waals surface area contributed by atoms with Crippen molar-refractivity contribution in [2.75, 3.05) is 13.6 Å². The van der Waals surface area contributed by atoms with Gasteiger partial charge in [-0.15, -0.1) is 0 Å². The molecule has 0 bridgehead atoms. The number of amides is 2.